The fourth-order valence-electron chi connectivity index (χ4n) is 4.91. The van der Waals surface area contributed by atoms with E-state index >= 15 is 0 Å². The van der Waals surface area contributed by atoms with Crippen molar-refractivity contribution in [2.75, 3.05) is 30.3 Å². The highest BCUT2D eigenvalue weighted by Gasteiger charge is 2.31. The number of ether oxygens (including phenoxy) is 1. The number of nitrogens with zero attached hydrogens (tertiary/aromatic N) is 5. The molecule has 41 heavy (non-hydrogen) atoms. The number of nitrogens with one attached hydrogen (secondary N) is 2. The summed E-state index contributed by atoms with van der Waals surface area (Å²) in [6.07, 6.45) is 4.60. The molecule has 1 aromatic carbocycles. The van der Waals surface area contributed by atoms with E-state index in [1.807, 2.05) is 6.07 Å². The first kappa shape index (κ1) is 27.0. The number of carbonyl (C=O) groups excluding carboxylic acids is 2. The summed E-state index contributed by atoms with van der Waals surface area (Å²) in [5.41, 5.74) is 0.596. The van der Waals surface area contributed by atoms with Gasteiger partial charge in [-0.2, -0.15) is 5.26 Å². The van der Waals surface area contributed by atoms with Crippen molar-refractivity contribution >= 4 is 45.9 Å². The number of hydrogen-bond acceptors (Lipinski definition) is 7. The van der Waals surface area contributed by atoms with Gasteiger partial charge in [0.05, 0.1) is 41.0 Å². The minimum absolute atomic E-state index is 0.00217. The molecule has 1 unspecified atom stereocenters. The van der Waals surface area contributed by atoms with Crippen molar-refractivity contribution < 1.29 is 14.3 Å². The summed E-state index contributed by atoms with van der Waals surface area (Å²) in [6, 6.07) is 7.59. The van der Waals surface area contributed by atoms with Gasteiger partial charge in [-0.25, -0.2) is 14.6 Å². The Bertz CT molecular complexity index is 1700. The average Bonchev–Trinajstić information content (AvgIpc) is 3.90. The van der Waals surface area contributed by atoms with Gasteiger partial charge in [0.25, 0.3) is 11.5 Å². The summed E-state index contributed by atoms with van der Waals surface area (Å²) in [4.78, 5) is 58.4. The molecule has 2 aromatic heterocycles. The second-order valence-corrected chi connectivity index (χ2v) is 11.2. The van der Waals surface area contributed by atoms with Crippen LogP contribution in [0.4, 0.5) is 16.2 Å². The Morgan fingerprint density at radius 3 is 2.46 bits per heavy atom. The number of halogens is 1. The van der Waals surface area contributed by atoms with E-state index < -0.39 is 23.6 Å². The Labute approximate surface area is 239 Å². The Morgan fingerprint density at radius 2 is 1.78 bits per heavy atom. The Balaban J connectivity index is 1.18. The molecule has 3 heterocycles. The number of morpholine rings is 1. The second kappa shape index (κ2) is 11.0. The lowest BCUT2D eigenvalue weighted by Crippen LogP contribution is -2.51. The number of anilines is 2. The van der Waals surface area contributed by atoms with Gasteiger partial charge in [0.2, 0.25) is 0 Å². The Morgan fingerprint density at radius 1 is 1.05 bits per heavy atom. The third-order valence-electron chi connectivity index (χ3n) is 7.59. The largest absolute Gasteiger partial charge is 0.365 e. The lowest BCUT2D eigenvalue weighted by atomic mass is 10.2. The molecule has 6 rings (SSSR count). The number of fused-ring (bicyclic) bond motifs is 1. The molecule has 0 radical (unpaired) electrons. The van der Waals surface area contributed by atoms with Crippen molar-refractivity contribution in [3.8, 4) is 6.07 Å². The number of amides is 3. The van der Waals surface area contributed by atoms with Crippen LogP contribution >= 0.6 is 11.6 Å². The molecular formula is C28H28ClN7O5. The van der Waals surface area contributed by atoms with Crippen LogP contribution in [0.25, 0.3) is 11.0 Å². The molecule has 2 N–H and O–H groups in total. The fraction of sp³-hybridized carbons (Fsp3) is 0.429. The first-order valence-corrected chi connectivity index (χ1v) is 14.0. The monoisotopic (exact) mass is 577 g/mol. The lowest BCUT2D eigenvalue weighted by Gasteiger charge is -2.32. The van der Waals surface area contributed by atoms with Crippen LogP contribution in [0.2, 0.25) is 5.02 Å². The number of pyridine rings is 1. The van der Waals surface area contributed by atoms with E-state index in [2.05, 4.69) is 15.6 Å². The van der Waals surface area contributed by atoms with Crippen LogP contribution in [0, 0.1) is 23.2 Å². The number of carbonyl (C=O) groups is 2. The normalized spacial score (nSPS) is 18.6. The molecule has 2 saturated carbocycles. The lowest BCUT2D eigenvalue weighted by molar-refractivity contribution is -0.131. The maximum absolute atomic E-state index is 13.3. The Kier molecular flexibility index (Phi) is 7.23. The average molecular weight is 578 g/mol. The molecule has 13 heteroatoms. The summed E-state index contributed by atoms with van der Waals surface area (Å²) in [5.74, 6) is 0.285. The summed E-state index contributed by atoms with van der Waals surface area (Å²) >= 11 is 6.05. The van der Waals surface area contributed by atoms with E-state index in [0.29, 0.717) is 41.9 Å². The molecule has 1 aliphatic heterocycles. The maximum atomic E-state index is 13.3. The van der Waals surface area contributed by atoms with E-state index in [-0.39, 0.29) is 41.4 Å². The number of urea groups is 1. The SMILES string of the molecule is N#Cc1ccc(NC(=O)C2CN(C(=O)Nc3cnc4c(c3)c(=O)n(CC3CC3)c(=O)n4CC3CC3)CCO2)cc1Cl. The van der Waals surface area contributed by atoms with E-state index in [9.17, 15) is 19.2 Å². The molecule has 3 fully saturated rings. The van der Waals surface area contributed by atoms with Crippen molar-refractivity contribution in [2.24, 2.45) is 11.8 Å². The van der Waals surface area contributed by atoms with Gasteiger partial charge in [0.1, 0.15) is 11.7 Å². The zero-order valence-electron chi connectivity index (χ0n) is 22.1. The van der Waals surface area contributed by atoms with Crippen LogP contribution in [0.15, 0.2) is 40.1 Å². The number of hydrogen-bond donors (Lipinski definition) is 2. The highest BCUT2D eigenvalue weighted by molar-refractivity contribution is 6.32. The van der Waals surface area contributed by atoms with Gasteiger partial charge in [0.15, 0.2) is 6.10 Å². The minimum atomic E-state index is -0.926. The van der Waals surface area contributed by atoms with Gasteiger partial charge < -0.3 is 20.3 Å². The van der Waals surface area contributed by atoms with Gasteiger partial charge in [0, 0.05) is 25.3 Å². The van der Waals surface area contributed by atoms with Crippen molar-refractivity contribution in [3.05, 3.63) is 61.9 Å². The van der Waals surface area contributed by atoms with Crippen LogP contribution in [-0.2, 0) is 22.6 Å². The topological polar surface area (TPSA) is 151 Å². The summed E-state index contributed by atoms with van der Waals surface area (Å²) < 4.78 is 8.49. The van der Waals surface area contributed by atoms with Crippen LogP contribution in [0.3, 0.4) is 0 Å². The van der Waals surface area contributed by atoms with Crippen molar-refractivity contribution in [1.82, 2.24) is 19.0 Å². The summed E-state index contributed by atoms with van der Waals surface area (Å²) in [6.45, 7) is 1.31. The van der Waals surface area contributed by atoms with Gasteiger partial charge in [-0.3, -0.25) is 18.7 Å². The molecule has 12 nitrogen and oxygen atoms in total. The minimum Gasteiger partial charge on any atom is -0.365 e. The van der Waals surface area contributed by atoms with Crippen LogP contribution in [0.5, 0.6) is 0 Å². The zero-order valence-corrected chi connectivity index (χ0v) is 22.9. The second-order valence-electron chi connectivity index (χ2n) is 10.8. The number of aromatic nitrogens is 3. The molecule has 1 saturated heterocycles. The molecule has 3 aliphatic rings. The fourth-order valence-corrected chi connectivity index (χ4v) is 5.13. The molecule has 3 aromatic rings. The van der Waals surface area contributed by atoms with Crippen LogP contribution in [0.1, 0.15) is 31.2 Å². The molecule has 2 aliphatic carbocycles. The number of benzene rings is 1. The first-order valence-electron chi connectivity index (χ1n) is 13.6. The van der Waals surface area contributed by atoms with Gasteiger partial charge in [-0.1, -0.05) is 11.6 Å². The van der Waals surface area contributed by atoms with Crippen molar-refractivity contribution in [3.63, 3.8) is 0 Å². The third-order valence-corrected chi connectivity index (χ3v) is 7.90. The zero-order chi connectivity index (χ0) is 28.7. The predicted octanol–water partition coefficient (Wildman–Crippen LogP) is 2.77. The Hall–Kier alpha value is -4.21. The smallest absolute Gasteiger partial charge is 0.332 e. The standard InChI is InChI=1S/C28H28ClN7O5/c29-22-10-19(6-5-18(22)11-30)32-25(37)23-15-34(7-8-41-23)27(39)33-20-9-21-24(31-12-20)35(13-16-1-2-16)28(40)36(26(21)38)14-17-3-4-17/h5-6,9-10,12,16-17,23H,1-4,7-8,13-15H2,(H,32,37)(H,33,39). The van der Waals surface area contributed by atoms with Gasteiger partial charge >= 0.3 is 11.7 Å². The van der Waals surface area contributed by atoms with Crippen molar-refractivity contribution in [2.45, 2.75) is 44.9 Å². The van der Waals surface area contributed by atoms with E-state index in [0.717, 1.165) is 25.7 Å². The predicted molar refractivity (Wildman–Crippen MR) is 151 cm³/mol. The van der Waals surface area contributed by atoms with E-state index in [1.54, 1.807) is 16.7 Å². The third kappa shape index (κ3) is 5.82. The van der Waals surface area contributed by atoms with E-state index in [4.69, 9.17) is 21.6 Å². The molecule has 1 atom stereocenters. The quantitative estimate of drug-likeness (QED) is 0.438. The van der Waals surface area contributed by atoms with Gasteiger partial charge in [-0.15, -0.1) is 0 Å². The highest BCUT2D eigenvalue weighted by atomic mass is 35.5. The highest BCUT2D eigenvalue weighted by Crippen LogP contribution is 2.32. The van der Waals surface area contributed by atoms with Crippen LogP contribution in [-0.4, -0.2) is 56.8 Å². The summed E-state index contributed by atoms with van der Waals surface area (Å²) in [7, 11) is 0. The summed E-state index contributed by atoms with van der Waals surface area (Å²) in [5, 5.41) is 15.0. The molecule has 3 amide bonds. The number of rotatable bonds is 7. The number of nitriles is 1. The first-order chi connectivity index (χ1) is 19.8. The molecular weight excluding hydrogens is 550 g/mol. The van der Waals surface area contributed by atoms with Crippen LogP contribution < -0.4 is 21.9 Å². The van der Waals surface area contributed by atoms with E-state index in [1.165, 1.54) is 27.8 Å². The maximum Gasteiger partial charge on any atom is 0.332 e. The molecule has 212 valence electrons. The van der Waals surface area contributed by atoms with Crippen molar-refractivity contribution in [1.29, 1.82) is 5.26 Å². The van der Waals surface area contributed by atoms with Gasteiger partial charge in [-0.05, 0) is 61.8 Å². The molecule has 0 spiro atoms. The molecule has 0 bridgehead atoms.